The predicted octanol–water partition coefficient (Wildman–Crippen LogP) is 1.66. The van der Waals surface area contributed by atoms with Crippen LogP contribution in [-0.2, 0) is 7.05 Å². The Balaban J connectivity index is 2.39. The van der Waals surface area contributed by atoms with Crippen LogP contribution in [0.1, 0.15) is 37.5 Å². The van der Waals surface area contributed by atoms with Crippen LogP contribution in [0.4, 0.5) is 5.69 Å². The van der Waals surface area contributed by atoms with Gasteiger partial charge in [-0.25, -0.2) is 9.48 Å². The van der Waals surface area contributed by atoms with Crippen molar-refractivity contribution in [2.75, 3.05) is 5.32 Å². The minimum atomic E-state index is -1.03. The number of carbonyl (C=O) groups excluding carboxylic acids is 1. The van der Waals surface area contributed by atoms with E-state index >= 15 is 0 Å². The summed E-state index contributed by atoms with van der Waals surface area (Å²) in [7, 11) is 1.48. The Morgan fingerprint density at radius 2 is 1.87 bits per heavy atom. The first-order chi connectivity index (χ1) is 10.7. The summed E-state index contributed by atoms with van der Waals surface area (Å²) in [4.78, 5) is 35.6. The highest BCUT2D eigenvalue weighted by molar-refractivity contribution is 6.05. The van der Waals surface area contributed by atoms with E-state index in [-0.39, 0.29) is 11.1 Å². The molecule has 2 rings (SSSR count). The van der Waals surface area contributed by atoms with E-state index < -0.39 is 17.4 Å². The summed E-state index contributed by atoms with van der Waals surface area (Å²) in [5.41, 5.74) is 1.76. The fraction of sp³-hybridized carbons (Fsp3) is 0.250. The molecule has 1 amide bonds. The fourth-order valence-corrected chi connectivity index (χ4v) is 2.29. The van der Waals surface area contributed by atoms with Gasteiger partial charge in [-0.15, -0.1) is 0 Å². The second-order valence-corrected chi connectivity index (χ2v) is 5.30. The molecule has 1 aromatic heterocycles. The number of nitrogens with zero attached hydrogens (tertiary/aromatic N) is 2. The first-order valence-electron chi connectivity index (χ1n) is 6.92. The molecule has 0 unspecified atom stereocenters. The second-order valence-electron chi connectivity index (χ2n) is 5.30. The zero-order valence-corrected chi connectivity index (χ0v) is 13.3. The zero-order valence-electron chi connectivity index (χ0n) is 13.3. The van der Waals surface area contributed by atoms with E-state index in [1.807, 2.05) is 0 Å². The van der Waals surface area contributed by atoms with Gasteiger partial charge in [0.2, 0.25) is 0 Å². The van der Waals surface area contributed by atoms with Crippen LogP contribution >= 0.6 is 0 Å². The van der Waals surface area contributed by atoms with Crippen LogP contribution in [0.25, 0.3) is 0 Å². The molecule has 0 bridgehead atoms. The molecular weight excluding hydrogens is 298 g/mol. The minimum Gasteiger partial charge on any atom is -0.478 e. The van der Waals surface area contributed by atoms with Gasteiger partial charge in [-0.2, -0.15) is 5.10 Å². The molecule has 1 heterocycles. The second kappa shape index (κ2) is 6.04. The molecule has 0 radical (unpaired) electrons. The Labute approximate surface area is 132 Å². The zero-order chi connectivity index (χ0) is 17.3. The third-order valence-electron chi connectivity index (χ3n) is 3.67. The summed E-state index contributed by atoms with van der Waals surface area (Å²) >= 11 is 0. The molecule has 0 aliphatic heterocycles. The van der Waals surface area contributed by atoms with Crippen molar-refractivity contribution in [2.45, 2.75) is 20.8 Å². The highest BCUT2D eigenvalue weighted by atomic mass is 16.4. The van der Waals surface area contributed by atoms with Crippen LogP contribution < -0.4 is 10.9 Å². The Morgan fingerprint density at radius 1 is 1.22 bits per heavy atom. The van der Waals surface area contributed by atoms with Gasteiger partial charge in [0.1, 0.15) is 5.56 Å². The molecule has 23 heavy (non-hydrogen) atoms. The Morgan fingerprint density at radius 3 is 2.43 bits per heavy atom. The lowest BCUT2D eigenvalue weighted by molar-refractivity contribution is 0.0696. The minimum absolute atomic E-state index is 0.0277. The molecule has 0 fully saturated rings. The molecule has 0 aliphatic rings. The van der Waals surface area contributed by atoms with E-state index in [1.165, 1.54) is 19.2 Å². The van der Waals surface area contributed by atoms with Gasteiger partial charge in [0.15, 0.2) is 0 Å². The Hall–Kier alpha value is -2.96. The van der Waals surface area contributed by atoms with Crippen LogP contribution in [0, 0.1) is 20.8 Å². The number of aromatic carboxylic acids is 1. The summed E-state index contributed by atoms with van der Waals surface area (Å²) in [6.07, 6.45) is 0. The van der Waals surface area contributed by atoms with Gasteiger partial charge in [0, 0.05) is 12.7 Å². The lowest BCUT2D eigenvalue weighted by Gasteiger charge is -2.11. The molecule has 1 aromatic carbocycles. The van der Waals surface area contributed by atoms with Crippen LogP contribution in [0.3, 0.4) is 0 Å². The number of hydrogen-bond acceptors (Lipinski definition) is 4. The molecule has 0 saturated heterocycles. The monoisotopic (exact) mass is 315 g/mol. The number of carboxylic acid groups (broad SMARTS) is 1. The molecule has 0 atom stereocenters. The maximum absolute atomic E-state index is 12.4. The maximum Gasteiger partial charge on any atom is 0.335 e. The Kier molecular flexibility index (Phi) is 4.31. The number of nitrogens with one attached hydrogen (secondary N) is 1. The van der Waals surface area contributed by atoms with Gasteiger partial charge < -0.3 is 10.4 Å². The van der Waals surface area contributed by atoms with E-state index in [0.717, 1.165) is 4.68 Å². The number of carbonyl (C=O) groups is 2. The molecule has 7 heteroatoms. The standard InChI is InChI=1S/C16H17N3O4/c1-8-7-11(5-6-12(8)16(22)23)17-14(20)13-9(2)10(3)18-19(4)15(13)21/h5-7H,1-4H3,(H,17,20)(H,22,23). The number of amides is 1. The summed E-state index contributed by atoms with van der Waals surface area (Å²) in [5, 5.41) is 15.7. The molecule has 7 nitrogen and oxygen atoms in total. The van der Waals surface area contributed by atoms with Gasteiger partial charge in [0.25, 0.3) is 11.5 Å². The third kappa shape index (κ3) is 3.13. The molecular formula is C16H17N3O4. The molecule has 0 saturated carbocycles. The van der Waals surface area contributed by atoms with Crippen molar-refractivity contribution in [2.24, 2.45) is 7.05 Å². The molecule has 2 aromatic rings. The van der Waals surface area contributed by atoms with Crippen molar-refractivity contribution in [1.29, 1.82) is 0 Å². The van der Waals surface area contributed by atoms with E-state index in [1.54, 1.807) is 26.8 Å². The predicted molar refractivity (Wildman–Crippen MR) is 85.0 cm³/mol. The number of hydrogen-bond donors (Lipinski definition) is 2. The number of aryl methyl sites for hydroxylation is 3. The van der Waals surface area contributed by atoms with E-state index in [9.17, 15) is 14.4 Å². The first-order valence-corrected chi connectivity index (χ1v) is 6.92. The van der Waals surface area contributed by atoms with Crippen LogP contribution in [-0.4, -0.2) is 26.8 Å². The summed E-state index contributed by atoms with van der Waals surface area (Å²) in [6, 6.07) is 4.45. The van der Waals surface area contributed by atoms with E-state index in [0.29, 0.717) is 22.5 Å². The number of aromatic nitrogens is 2. The molecule has 0 aliphatic carbocycles. The summed E-state index contributed by atoms with van der Waals surface area (Å²) in [5.74, 6) is -1.58. The number of rotatable bonds is 3. The van der Waals surface area contributed by atoms with E-state index in [4.69, 9.17) is 5.11 Å². The molecule has 120 valence electrons. The fourth-order valence-electron chi connectivity index (χ4n) is 2.29. The summed E-state index contributed by atoms with van der Waals surface area (Å²) in [6.45, 7) is 5.02. The molecule has 0 spiro atoms. The van der Waals surface area contributed by atoms with Gasteiger partial charge in [-0.3, -0.25) is 9.59 Å². The van der Waals surface area contributed by atoms with Crippen molar-refractivity contribution in [3.63, 3.8) is 0 Å². The van der Waals surface area contributed by atoms with Gasteiger partial charge in [-0.1, -0.05) is 0 Å². The summed E-state index contributed by atoms with van der Waals surface area (Å²) < 4.78 is 1.12. The number of anilines is 1. The topological polar surface area (TPSA) is 101 Å². The van der Waals surface area contributed by atoms with E-state index in [2.05, 4.69) is 10.4 Å². The molecule has 2 N–H and O–H groups in total. The normalized spacial score (nSPS) is 10.4. The smallest absolute Gasteiger partial charge is 0.335 e. The largest absolute Gasteiger partial charge is 0.478 e. The van der Waals surface area contributed by atoms with Gasteiger partial charge in [-0.05, 0) is 50.1 Å². The quantitative estimate of drug-likeness (QED) is 0.897. The third-order valence-corrected chi connectivity index (χ3v) is 3.67. The number of benzene rings is 1. The van der Waals surface area contributed by atoms with Crippen molar-refractivity contribution in [3.8, 4) is 0 Å². The lowest BCUT2D eigenvalue weighted by atomic mass is 10.1. The highest BCUT2D eigenvalue weighted by Crippen LogP contribution is 2.16. The van der Waals surface area contributed by atoms with Crippen molar-refractivity contribution >= 4 is 17.6 Å². The highest BCUT2D eigenvalue weighted by Gasteiger charge is 2.18. The van der Waals surface area contributed by atoms with Gasteiger partial charge >= 0.3 is 5.97 Å². The maximum atomic E-state index is 12.4. The Bertz CT molecular complexity index is 868. The van der Waals surface area contributed by atoms with Gasteiger partial charge in [0.05, 0.1) is 11.3 Å². The number of carboxylic acids is 1. The average molecular weight is 315 g/mol. The SMILES string of the molecule is Cc1cc(NC(=O)c2c(C)c(C)nn(C)c2=O)ccc1C(=O)O. The van der Waals surface area contributed by atoms with Crippen LogP contribution in [0.5, 0.6) is 0 Å². The van der Waals surface area contributed by atoms with Crippen molar-refractivity contribution < 1.29 is 14.7 Å². The van der Waals surface area contributed by atoms with Crippen LogP contribution in [0.15, 0.2) is 23.0 Å². The van der Waals surface area contributed by atoms with Crippen LogP contribution in [0.2, 0.25) is 0 Å². The van der Waals surface area contributed by atoms with Crippen molar-refractivity contribution in [1.82, 2.24) is 9.78 Å². The van der Waals surface area contributed by atoms with Crippen molar-refractivity contribution in [3.05, 3.63) is 56.5 Å². The lowest BCUT2D eigenvalue weighted by Crippen LogP contribution is -2.31. The first kappa shape index (κ1) is 16.4. The average Bonchev–Trinajstić information content (AvgIpc) is 2.45.